The van der Waals surface area contributed by atoms with Crippen LogP contribution in [0.4, 0.5) is 0 Å². The van der Waals surface area contributed by atoms with Crippen LogP contribution in [0.2, 0.25) is 0 Å². The maximum Gasteiger partial charge on any atom is 0.191 e. The van der Waals surface area contributed by atoms with Gasteiger partial charge in [0, 0.05) is 66.0 Å². The number of methoxy groups -OCH3 is 1. The van der Waals surface area contributed by atoms with Crippen LogP contribution in [0.15, 0.2) is 11.3 Å². The van der Waals surface area contributed by atoms with Crippen LogP contribution in [0.3, 0.4) is 0 Å². The van der Waals surface area contributed by atoms with E-state index in [2.05, 4.69) is 42.2 Å². The minimum absolute atomic E-state index is 0.727. The third kappa shape index (κ3) is 7.67. The lowest BCUT2D eigenvalue weighted by atomic mass is 10.4. The highest BCUT2D eigenvalue weighted by molar-refractivity contribution is 5.79. The number of nitrogens with one attached hydrogen (secondary N) is 2. The Labute approximate surface area is 156 Å². The van der Waals surface area contributed by atoms with Gasteiger partial charge in [-0.15, -0.1) is 10.2 Å². The van der Waals surface area contributed by atoms with Crippen molar-refractivity contribution in [2.75, 3.05) is 66.2 Å². The number of morpholine rings is 1. The van der Waals surface area contributed by atoms with Crippen LogP contribution in [0.1, 0.15) is 19.2 Å². The third-order valence-electron chi connectivity index (χ3n) is 4.26. The molecule has 2 rings (SSSR count). The zero-order valence-corrected chi connectivity index (χ0v) is 16.1. The molecule has 0 unspecified atom stereocenters. The normalized spacial score (nSPS) is 16.0. The molecule has 2 heterocycles. The van der Waals surface area contributed by atoms with Crippen molar-refractivity contribution in [3.8, 4) is 0 Å². The molecule has 9 heteroatoms. The lowest BCUT2D eigenvalue weighted by Crippen LogP contribution is -2.45. The van der Waals surface area contributed by atoms with Crippen LogP contribution >= 0.6 is 0 Å². The fourth-order valence-corrected chi connectivity index (χ4v) is 2.77. The number of ether oxygens (including phenoxy) is 2. The highest BCUT2D eigenvalue weighted by atomic mass is 16.5. The Hall–Kier alpha value is -1.71. The first-order valence-electron chi connectivity index (χ1n) is 9.51. The fourth-order valence-electron chi connectivity index (χ4n) is 2.77. The molecule has 0 amide bonds. The highest BCUT2D eigenvalue weighted by Gasteiger charge is 2.09. The first-order valence-corrected chi connectivity index (χ1v) is 9.51. The van der Waals surface area contributed by atoms with E-state index in [0.717, 1.165) is 90.3 Å². The van der Waals surface area contributed by atoms with E-state index in [4.69, 9.17) is 9.47 Å². The molecule has 0 radical (unpaired) electrons. The van der Waals surface area contributed by atoms with Gasteiger partial charge in [-0.1, -0.05) is 6.92 Å². The first-order chi connectivity index (χ1) is 12.8. The molecule has 1 aliphatic rings. The molecular formula is C17H33N7O2. The lowest BCUT2D eigenvalue weighted by molar-refractivity contribution is 0.0389. The Morgan fingerprint density at radius 1 is 1.27 bits per heavy atom. The van der Waals surface area contributed by atoms with Gasteiger partial charge in [0.05, 0.1) is 13.2 Å². The summed E-state index contributed by atoms with van der Waals surface area (Å²) in [6.45, 7) is 10.7. The van der Waals surface area contributed by atoms with Crippen LogP contribution in [0, 0.1) is 0 Å². The van der Waals surface area contributed by atoms with Crippen molar-refractivity contribution in [1.82, 2.24) is 30.3 Å². The van der Waals surface area contributed by atoms with E-state index in [9.17, 15) is 0 Å². The molecule has 0 bridgehead atoms. The predicted molar refractivity (Wildman–Crippen MR) is 101 cm³/mol. The topological polar surface area (TPSA) is 88.8 Å². The molecule has 0 atom stereocenters. The van der Waals surface area contributed by atoms with Crippen LogP contribution in [0.5, 0.6) is 0 Å². The summed E-state index contributed by atoms with van der Waals surface area (Å²) in [4.78, 5) is 7.04. The molecule has 1 aromatic rings. The molecule has 0 aliphatic carbocycles. The number of aryl methyl sites for hydroxylation is 1. The van der Waals surface area contributed by atoms with Gasteiger partial charge < -0.3 is 24.7 Å². The Morgan fingerprint density at radius 3 is 2.77 bits per heavy atom. The maximum atomic E-state index is 5.39. The number of aliphatic imine (C=N–C) groups is 1. The molecule has 9 nitrogen and oxygen atoms in total. The molecule has 1 fully saturated rings. The quantitative estimate of drug-likeness (QED) is 0.317. The van der Waals surface area contributed by atoms with Gasteiger partial charge in [-0.2, -0.15) is 0 Å². The number of aromatic nitrogens is 3. The molecule has 148 valence electrons. The van der Waals surface area contributed by atoms with Gasteiger partial charge in [0.1, 0.15) is 12.2 Å². The Kier molecular flexibility index (Phi) is 9.99. The molecule has 26 heavy (non-hydrogen) atoms. The minimum atomic E-state index is 0.727. The van der Waals surface area contributed by atoms with Crippen molar-refractivity contribution in [3.05, 3.63) is 12.2 Å². The molecule has 0 aromatic carbocycles. The van der Waals surface area contributed by atoms with Gasteiger partial charge in [-0.05, 0) is 6.42 Å². The average Bonchev–Trinajstić information content (AvgIpc) is 3.13. The molecule has 0 spiro atoms. The first kappa shape index (κ1) is 20.6. The van der Waals surface area contributed by atoms with Gasteiger partial charge in [-0.3, -0.25) is 9.89 Å². The van der Waals surface area contributed by atoms with E-state index >= 15 is 0 Å². The lowest BCUT2D eigenvalue weighted by Gasteiger charge is -2.26. The van der Waals surface area contributed by atoms with Crippen molar-refractivity contribution < 1.29 is 9.47 Å². The monoisotopic (exact) mass is 367 g/mol. The Bertz CT molecular complexity index is 515. The van der Waals surface area contributed by atoms with Crippen LogP contribution in [-0.2, 0) is 22.4 Å². The summed E-state index contributed by atoms with van der Waals surface area (Å²) in [6, 6.07) is 0. The van der Waals surface area contributed by atoms with Gasteiger partial charge in [0.25, 0.3) is 0 Å². The van der Waals surface area contributed by atoms with Crippen molar-refractivity contribution in [2.45, 2.75) is 26.3 Å². The summed E-state index contributed by atoms with van der Waals surface area (Å²) in [5, 5.41) is 14.9. The van der Waals surface area contributed by atoms with Gasteiger partial charge in [0.2, 0.25) is 0 Å². The number of hydrogen-bond donors (Lipinski definition) is 2. The smallest absolute Gasteiger partial charge is 0.191 e. The van der Waals surface area contributed by atoms with E-state index in [1.807, 2.05) is 0 Å². The Balaban J connectivity index is 1.74. The van der Waals surface area contributed by atoms with E-state index in [0.29, 0.717) is 0 Å². The summed E-state index contributed by atoms with van der Waals surface area (Å²) in [5.74, 6) is 1.85. The van der Waals surface area contributed by atoms with Gasteiger partial charge in [-0.25, -0.2) is 0 Å². The van der Waals surface area contributed by atoms with E-state index in [-0.39, 0.29) is 0 Å². The van der Waals surface area contributed by atoms with Crippen LogP contribution in [-0.4, -0.2) is 91.8 Å². The highest BCUT2D eigenvalue weighted by Crippen LogP contribution is 1.96. The second-order valence-electron chi connectivity index (χ2n) is 6.18. The largest absolute Gasteiger partial charge is 0.385 e. The van der Waals surface area contributed by atoms with Gasteiger partial charge in [0.15, 0.2) is 5.96 Å². The molecule has 2 N–H and O–H groups in total. The summed E-state index contributed by atoms with van der Waals surface area (Å²) in [6.07, 6.45) is 3.58. The summed E-state index contributed by atoms with van der Waals surface area (Å²) < 4.78 is 12.6. The number of rotatable bonds is 11. The SMILES string of the molecule is CCc1nncn1CCNC(=NCCCOC)NCCN1CCOCC1. The standard InChI is InChI=1S/C17H33N7O2/c1-3-16-22-21-15-24(16)9-7-20-17(18-5-4-12-25-2)19-6-8-23-10-13-26-14-11-23/h15H,3-14H2,1-2H3,(H2,18,19,20). The fraction of sp³-hybridized carbons (Fsp3) is 0.824. The van der Waals surface area contributed by atoms with Crippen molar-refractivity contribution in [2.24, 2.45) is 4.99 Å². The average molecular weight is 367 g/mol. The van der Waals surface area contributed by atoms with E-state index in [1.165, 1.54) is 0 Å². The van der Waals surface area contributed by atoms with Gasteiger partial charge >= 0.3 is 0 Å². The number of nitrogens with zero attached hydrogens (tertiary/aromatic N) is 5. The molecule has 1 saturated heterocycles. The summed E-state index contributed by atoms with van der Waals surface area (Å²) in [5.41, 5.74) is 0. The zero-order chi connectivity index (χ0) is 18.5. The molecule has 0 saturated carbocycles. The Morgan fingerprint density at radius 2 is 2.04 bits per heavy atom. The number of hydrogen-bond acceptors (Lipinski definition) is 6. The van der Waals surface area contributed by atoms with Crippen LogP contribution in [0.25, 0.3) is 0 Å². The number of guanidine groups is 1. The second kappa shape index (κ2) is 12.6. The van der Waals surface area contributed by atoms with Crippen molar-refractivity contribution >= 4 is 5.96 Å². The second-order valence-corrected chi connectivity index (χ2v) is 6.18. The summed E-state index contributed by atoms with van der Waals surface area (Å²) in [7, 11) is 1.72. The van der Waals surface area contributed by atoms with Crippen molar-refractivity contribution in [3.63, 3.8) is 0 Å². The van der Waals surface area contributed by atoms with E-state index < -0.39 is 0 Å². The molecule has 1 aliphatic heterocycles. The maximum absolute atomic E-state index is 5.39. The molecule has 1 aromatic heterocycles. The third-order valence-corrected chi connectivity index (χ3v) is 4.26. The minimum Gasteiger partial charge on any atom is -0.385 e. The zero-order valence-electron chi connectivity index (χ0n) is 16.1. The summed E-state index contributed by atoms with van der Waals surface area (Å²) >= 11 is 0. The van der Waals surface area contributed by atoms with Crippen molar-refractivity contribution in [1.29, 1.82) is 0 Å². The van der Waals surface area contributed by atoms with E-state index in [1.54, 1.807) is 13.4 Å². The predicted octanol–water partition coefficient (Wildman–Crippen LogP) is -0.256. The van der Waals surface area contributed by atoms with Crippen LogP contribution < -0.4 is 10.6 Å². The molecular weight excluding hydrogens is 334 g/mol.